The molecule has 0 unspecified atom stereocenters. The number of amides is 1. The van der Waals surface area contributed by atoms with Gasteiger partial charge in [0, 0.05) is 11.3 Å². The molecule has 0 atom stereocenters. The molecular formula is C19H22BrNO3. The Morgan fingerprint density at radius 1 is 1.12 bits per heavy atom. The van der Waals surface area contributed by atoms with Gasteiger partial charge in [-0.05, 0) is 60.5 Å². The van der Waals surface area contributed by atoms with Crippen molar-refractivity contribution in [1.29, 1.82) is 0 Å². The average Bonchev–Trinajstić information content (AvgIpc) is 2.56. The Labute approximate surface area is 151 Å². The molecule has 1 N–H and O–H groups in total. The summed E-state index contributed by atoms with van der Waals surface area (Å²) in [6.45, 7) is 7.03. The second-order valence-electron chi connectivity index (χ2n) is 5.39. The smallest absolute Gasteiger partial charge is 0.255 e. The molecule has 4 nitrogen and oxygen atoms in total. The van der Waals surface area contributed by atoms with Crippen LogP contribution in [0.2, 0.25) is 0 Å². The number of hydrogen-bond acceptors (Lipinski definition) is 3. The third-order valence-electron chi connectivity index (χ3n) is 3.33. The van der Waals surface area contributed by atoms with Crippen LogP contribution in [-0.4, -0.2) is 19.1 Å². The Balaban J connectivity index is 2.25. The summed E-state index contributed by atoms with van der Waals surface area (Å²) in [5.41, 5.74) is 2.41. The van der Waals surface area contributed by atoms with Crippen molar-refractivity contribution in [2.24, 2.45) is 0 Å². The monoisotopic (exact) mass is 391 g/mol. The molecule has 128 valence electrons. The van der Waals surface area contributed by atoms with Crippen molar-refractivity contribution in [3.8, 4) is 11.5 Å². The molecule has 1 amide bonds. The van der Waals surface area contributed by atoms with Gasteiger partial charge in [-0.15, -0.1) is 0 Å². The zero-order chi connectivity index (χ0) is 17.5. The van der Waals surface area contributed by atoms with Crippen LogP contribution in [0.3, 0.4) is 0 Å². The number of carbonyl (C=O) groups excluding carboxylic acids is 1. The van der Waals surface area contributed by atoms with Crippen LogP contribution in [0.25, 0.3) is 0 Å². The molecule has 2 rings (SSSR count). The van der Waals surface area contributed by atoms with E-state index in [9.17, 15) is 4.79 Å². The third kappa shape index (κ3) is 4.74. The molecule has 0 bridgehead atoms. The quantitative estimate of drug-likeness (QED) is 0.705. The largest absolute Gasteiger partial charge is 0.490 e. The zero-order valence-electron chi connectivity index (χ0n) is 14.2. The number of ether oxygens (including phenoxy) is 2. The summed E-state index contributed by atoms with van der Waals surface area (Å²) in [5, 5.41) is 2.89. The van der Waals surface area contributed by atoms with Crippen molar-refractivity contribution in [3.63, 3.8) is 0 Å². The van der Waals surface area contributed by atoms with Gasteiger partial charge in [-0.1, -0.05) is 24.6 Å². The molecule has 2 aromatic rings. The Morgan fingerprint density at radius 3 is 2.46 bits per heavy atom. The predicted octanol–water partition coefficient (Wildman–Crippen LogP) is 5.20. The minimum Gasteiger partial charge on any atom is -0.490 e. The maximum absolute atomic E-state index is 12.5. The highest BCUT2D eigenvalue weighted by atomic mass is 79.9. The Bertz CT molecular complexity index is 699. The van der Waals surface area contributed by atoms with Gasteiger partial charge in [0.15, 0.2) is 11.5 Å². The van der Waals surface area contributed by atoms with Gasteiger partial charge >= 0.3 is 0 Å². The Kier molecular flexibility index (Phi) is 6.67. The van der Waals surface area contributed by atoms with Gasteiger partial charge in [-0.3, -0.25) is 4.79 Å². The topological polar surface area (TPSA) is 47.6 Å². The lowest BCUT2D eigenvalue weighted by atomic mass is 10.1. The molecule has 0 aliphatic carbocycles. The lowest BCUT2D eigenvalue weighted by molar-refractivity contribution is 0.102. The zero-order valence-corrected chi connectivity index (χ0v) is 15.8. The van der Waals surface area contributed by atoms with Crippen LogP contribution >= 0.6 is 15.9 Å². The van der Waals surface area contributed by atoms with Crippen LogP contribution in [0.15, 0.2) is 40.9 Å². The summed E-state index contributed by atoms with van der Waals surface area (Å²) in [5.74, 6) is 1.00. The van der Waals surface area contributed by atoms with E-state index in [4.69, 9.17) is 9.47 Å². The van der Waals surface area contributed by atoms with Gasteiger partial charge in [-0.25, -0.2) is 0 Å². The van der Waals surface area contributed by atoms with E-state index in [1.807, 2.05) is 45.0 Å². The fraction of sp³-hybridized carbons (Fsp3) is 0.316. The normalized spacial score (nSPS) is 10.3. The van der Waals surface area contributed by atoms with Gasteiger partial charge in [0.25, 0.3) is 5.91 Å². The first-order valence-corrected chi connectivity index (χ1v) is 8.81. The molecule has 0 saturated carbocycles. The van der Waals surface area contributed by atoms with Crippen molar-refractivity contribution in [1.82, 2.24) is 0 Å². The molecular weight excluding hydrogens is 370 g/mol. The standard InChI is InChI=1S/C19H22BrNO3/c1-4-10-24-18-16(20)11-14(12-17(18)23-5-2)19(22)21-15-8-6-13(3)7-9-15/h6-9,11-12H,4-5,10H2,1-3H3,(H,21,22). The number of carbonyl (C=O) groups is 1. The van der Waals surface area contributed by atoms with E-state index >= 15 is 0 Å². The van der Waals surface area contributed by atoms with E-state index in [1.165, 1.54) is 0 Å². The first-order chi connectivity index (χ1) is 11.5. The SMILES string of the molecule is CCCOc1c(Br)cc(C(=O)Nc2ccc(C)cc2)cc1OCC. The van der Waals surface area contributed by atoms with Gasteiger partial charge in [0.05, 0.1) is 17.7 Å². The molecule has 2 aromatic carbocycles. The van der Waals surface area contributed by atoms with Crippen molar-refractivity contribution in [2.75, 3.05) is 18.5 Å². The summed E-state index contributed by atoms with van der Waals surface area (Å²) in [4.78, 5) is 12.5. The first kappa shape index (κ1) is 18.3. The summed E-state index contributed by atoms with van der Waals surface area (Å²) in [7, 11) is 0. The van der Waals surface area contributed by atoms with Crippen LogP contribution in [0, 0.1) is 6.92 Å². The average molecular weight is 392 g/mol. The highest BCUT2D eigenvalue weighted by Crippen LogP contribution is 2.37. The highest BCUT2D eigenvalue weighted by molar-refractivity contribution is 9.10. The fourth-order valence-corrected chi connectivity index (χ4v) is 2.70. The maximum atomic E-state index is 12.5. The predicted molar refractivity (Wildman–Crippen MR) is 100 cm³/mol. The van der Waals surface area contributed by atoms with Gasteiger partial charge in [0.2, 0.25) is 0 Å². The second kappa shape index (κ2) is 8.73. The molecule has 0 aromatic heterocycles. The molecule has 0 heterocycles. The fourth-order valence-electron chi connectivity index (χ4n) is 2.15. The molecule has 5 heteroatoms. The van der Waals surface area contributed by atoms with E-state index in [0.717, 1.165) is 17.7 Å². The van der Waals surface area contributed by atoms with Gasteiger partial charge in [0.1, 0.15) is 0 Å². The van der Waals surface area contributed by atoms with Crippen LogP contribution < -0.4 is 14.8 Å². The lowest BCUT2D eigenvalue weighted by Crippen LogP contribution is -2.12. The molecule has 0 spiro atoms. The molecule has 24 heavy (non-hydrogen) atoms. The van der Waals surface area contributed by atoms with E-state index in [2.05, 4.69) is 21.2 Å². The number of anilines is 1. The summed E-state index contributed by atoms with van der Waals surface area (Å²) < 4.78 is 12.1. The molecule has 0 aliphatic rings. The third-order valence-corrected chi connectivity index (χ3v) is 3.92. The van der Waals surface area contributed by atoms with Crippen LogP contribution in [0.4, 0.5) is 5.69 Å². The van der Waals surface area contributed by atoms with E-state index in [1.54, 1.807) is 12.1 Å². The number of aryl methyl sites for hydroxylation is 1. The molecule has 0 fully saturated rings. The van der Waals surface area contributed by atoms with Crippen LogP contribution in [0.5, 0.6) is 11.5 Å². The summed E-state index contributed by atoms with van der Waals surface area (Å²) in [6, 6.07) is 11.1. The minimum absolute atomic E-state index is 0.192. The second-order valence-corrected chi connectivity index (χ2v) is 6.24. The highest BCUT2D eigenvalue weighted by Gasteiger charge is 2.16. The van der Waals surface area contributed by atoms with Gasteiger partial charge < -0.3 is 14.8 Å². The van der Waals surface area contributed by atoms with Crippen molar-refractivity contribution in [2.45, 2.75) is 27.2 Å². The number of nitrogens with one attached hydrogen (secondary N) is 1. The summed E-state index contributed by atoms with van der Waals surface area (Å²) in [6.07, 6.45) is 0.896. The summed E-state index contributed by atoms with van der Waals surface area (Å²) >= 11 is 3.48. The molecule has 0 aliphatic heterocycles. The number of hydrogen-bond donors (Lipinski definition) is 1. The minimum atomic E-state index is -0.192. The Hall–Kier alpha value is -2.01. The van der Waals surface area contributed by atoms with E-state index < -0.39 is 0 Å². The van der Waals surface area contributed by atoms with Crippen LogP contribution in [0.1, 0.15) is 36.2 Å². The Morgan fingerprint density at radius 2 is 1.83 bits per heavy atom. The van der Waals surface area contributed by atoms with Crippen molar-refractivity contribution < 1.29 is 14.3 Å². The maximum Gasteiger partial charge on any atom is 0.255 e. The van der Waals surface area contributed by atoms with Crippen LogP contribution in [-0.2, 0) is 0 Å². The first-order valence-electron chi connectivity index (χ1n) is 8.02. The molecule has 0 saturated heterocycles. The van der Waals surface area contributed by atoms with E-state index in [0.29, 0.717) is 34.7 Å². The van der Waals surface area contributed by atoms with E-state index in [-0.39, 0.29) is 5.91 Å². The molecule has 0 radical (unpaired) electrons. The van der Waals surface area contributed by atoms with Crippen molar-refractivity contribution in [3.05, 3.63) is 52.0 Å². The van der Waals surface area contributed by atoms with Crippen molar-refractivity contribution >= 4 is 27.5 Å². The number of benzene rings is 2. The van der Waals surface area contributed by atoms with Gasteiger partial charge in [-0.2, -0.15) is 0 Å². The number of rotatable bonds is 7. The number of halogens is 1. The lowest BCUT2D eigenvalue weighted by Gasteiger charge is -2.15.